The third-order valence-corrected chi connectivity index (χ3v) is 6.16. The van der Waals surface area contributed by atoms with Gasteiger partial charge in [0.25, 0.3) is 5.22 Å². The molecule has 4 rings (SSSR count). The summed E-state index contributed by atoms with van der Waals surface area (Å²) >= 11 is 7.23. The van der Waals surface area contributed by atoms with Crippen LogP contribution in [-0.4, -0.2) is 34.6 Å². The largest absolute Gasteiger partial charge is 0.463 e. The number of halogens is 1. The first-order valence-electron chi connectivity index (χ1n) is 10.6. The highest BCUT2D eigenvalue weighted by Crippen LogP contribution is 2.32. The highest BCUT2D eigenvalue weighted by Gasteiger charge is 2.34. The van der Waals surface area contributed by atoms with Crippen molar-refractivity contribution in [2.24, 2.45) is 0 Å². The third kappa shape index (κ3) is 5.43. The number of carbonyl (C=O) groups excluding carboxylic acids is 2. The summed E-state index contributed by atoms with van der Waals surface area (Å²) in [5.41, 5.74) is 4.46. The number of amides is 2. The minimum absolute atomic E-state index is 0.201. The van der Waals surface area contributed by atoms with Crippen LogP contribution < -0.4 is 10.6 Å². The zero-order valence-electron chi connectivity index (χ0n) is 18.8. The summed E-state index contributed by atoms with van der Waals surface area (Å²) in [5, 5.41) is 14.7. The van der Waals surface area contributed by atoms with E-state index in [-0.39, 0.29) is 12.4 Å². The molecule has 0 saturated heterocycles. The molecular formula is C24H23ClN4O4S. The lowest BCUT2D eigenvalue weighted by Crippen LogP contribution is -2.46. The van der Waals surface area contributed by atoms with Crippen LogP contribution in [-0.2, 0) is 9.53 Å². The average molecular weight is 499 g/mol. The molecule has 0 aliphatic carbocycles. The van der Waals surface area contributed by atoms with Crippen LogP contribution >= 0.6 is 23.4 Å². The molecule has 1 aromatic heterocycles. The minimum Gasteiger partial charge on any atom is -0.463 e. The van der Waals surface area contributed by atoms with E-state index in [4.69, 9.17) is 20.8 Å². The van der Waals surface area contributed by atoms with Gasteiger partial charge in [0, 0.05) is 22.0 Å². The second kappa shape index (κ2) is 10.3. The predicted octanol–water partition coefficient (Wildman–Crippen LogP) is 4.97. The van der Waals surface area contributed by atoms with Crippen LogP contribution in [0.4, 0.5) is 4.79 Å². The number of urea groups is 1. The van der Waals surface area contributed by atoms with E-state index in [0.717, 1.165) is 16.7 Å². The Bertz CT molecular complexity index is 1240. The fourth-order valence-electron chi connectivity index (χ4n) is 3.70. The number of nitrogens with zero attached hydrogens (tertiary/aromatic N) is 2. The monoisotopic (exact) mass is 498 g/mol. The van der Waals surface area contributed by atoms with E-state index in [0.29, 0.717) is 33.0 Å². The number of thioether (sulfide) groups is 1. The summed E-state index contributed by atoms with van der Waals surface area (Å²) in [7, 11) is 0. The van der Waals surface area contributed by atoms with Crippen molar-refractivity contribution in [1.29, 1.82) is 0 Å². The lowest BCUT2D eigenvalue weighted by molar-refractivity contribution is -0.139. The Kier molecular flexibility index (Phi) is 7.23. The molecule has 176 valence electrons. The average Bonchev–Trinajstić information content (AvgIpc) is 3.26. The van der Waals surface area contributed by atoms with E-state index in [1.807, 2.05) is 26.0 Å². The molecule has 2 N–H and O–H groups in total. The van der Waals surface area contributed by atoms with Gasteiger partial charge < -0.3 is 19.8 Å². The molecule has 2 heterocycles. The molecule has 34 heavy (non-hydrogen) atoms. The van der Waals surface area contributed by atoms with Gasteiger partial charge in [-0.15, -0.1) is 10.2 Å². The lowest BCUT2D eigenvalue weighted by Gasteiger charge is -2.29. The van der Waals surface area contributed by atoms with Crippen molar-refractivity contribution < 1.29 is 18.7 Å². The Morgan fingerprint density at radius 2 is 1.85 bits per heavy atom. The van der Waals surface area contributed by atoms with Crippen molar-refractivity contribution in [2.75, 3.05) is 12.4 Å². The minimum atomic E-state index is -0.686. The molecule has 2 aromatic carbocycles. The molecule has 1 aliphatic heterocycles. The maximum absolute atomic E-state index is 12.9. The number of ether oxygens (including phenoxy) is 1. The zero-order chi connectivity index (χ0) is 24.2. The second-order valence-electron chi connectivity index (χ2n) is 7.73. The molecule has 0 bridgehead atoms. The quantitative estimate of drug-likeness (QED) is 0.350. The molecule has 1 unspecified atom stereocenters. The summed E-state index contributed by atoms with van der Waals surface area (Å²) in [6, 6.07) is 11.8. The summed E-state index contributed by atoms with van der Waals surface area (Å²) < 4.78 is 11.1. The van der Waals surface area contributed by atoms with Crippen molar-refractivity contribution in [1.82, 2.24) is 20.8 Å². The number of nitrogens with one attached hydrogen (secondary N) is 2. The van der Waals surface area contributed by atoms with Gasteiger partial charge in [0.05, 0.1) is 18.2 Å². The van der Waals surface area contributed by atoms with Gasteiger partial charge in [-0.05, 0) is 50.6 Å². The molecule has 10 heteroatoms. The summed E-state index contributed by atoms with van der Waals surface area (Å²) in [4.78, 5) is 25.3. The number of hydrogen-bond acceptors (Lipinski definition) is 7. The van der Waals surface area contributed by atoms with Crippen LogP contribution in [0.5, 0.6) is 0 Å². The summed E-state index contributed by atoms with van der Waals surface area (Å²) in [6.45, 7) is 5.94. The fourth-order valence-corrected chi connectivity index (χ4v) is 4.56. The van der Waals surface area contributed by atoms with Gasteiger partial charge in [0.1, 0.15) is 0 Å². The molecule has 1 aliphatic rings. The Morgan fingerprint density at radius 3 is 2.53 bits per heavy atom. The zero-order valence-corrected chi connectivity index (χ0v) is 20.4. The van der Waals surface area contributed by atoms with Gasteiger partial charge in [-0.1, -0.05) is 52.7 Å². The fraction of sp³-hybridized carbons (Fsp3) is 0.250. The van der Waals surface area contributed by atoms with Crippen molar-refractivity contribution in [3.05, 3.63) is 75.4 Å². The molecule has 0 spiro atoms. The highest BCUT2D eigenvalue weighted by molar-refractivity contribution is 7.99. The first kappa shape index (κ1) is 23.8. The van der Waals surface area contributed by atoms with E-state index < -0.39 is 18.0 Å². The molecule has 0 radical (unpaired) electrons. The number of benzene rings is 2. The van der Waals surface area contributed by atoms with E-state index in [9.17, 15) is 9.59 Å². The third-order valence-electron chi connectivity index (χ3n) is 5.07. The molecule has 1 atom stereocenters. The molecule has 2 amide bonds. The molecule has 8 nitrogen and oxygen atoms in total. The first-order chi connectivity index (χ1) is 16.3. The molecule has 0 saturated carbocycles. The van der Waals surface area contributed by atoms with Crippen LogP contribution in [0.25, 0.3) is 11.5 Å². The van der Waals surface area contributed by atoms with E-state index in [1.165, 1.54) is 11.8 Å². The van der Waals surface area contributed by atoms with Crippen molar-refractivity contribution in [2.45, 2.75) is 32.0 Å². The van der Waals surface area contributed by atoms with E-state index in [2.05, 4.69) is 26.9 Å². The van der Waals surface area contributed by atoms with Crippen LogP contribution in [0.1, 0.15) is 29.7 Å². The lowest BCUT2D eigenvalue weighted by atomic mass is 9.95. The number of aryl methyl sites for hydroxylation is 2. The van der Waals surface area contributed by atoms with Gasteiger partial charge in [-0.3, -0.25) is 0 Å². The predicted molar refractivity (Wildman–Crippen MR) is 129 cm³/mol. The standard InChI is InChI=1S/C24H23ClN4O4S/c1-4-32-22(30)19-18(26-23(31)27-20(19)15-5-7-17(25)8-6-15)12-34-24-29-28-21(33-24)16-10-13(2)9-14(3)11-16/h5-11,20H,4,12H2,1-3H3,(H2,26,27,31). The number of esters is 1. The van der Waals surface area contributed by atoms with Gasteiger partial charge in [0.15, 0.2) is 0 Å². The molecule has 0 fully saturated rings. The van der Waals surface area contributed by atoms with Crippen molar-refractivity contribution in [3.63, 3.8) is 0 Å². The van der Waals surface area contributed by atoms with Gasteiger partial charge >= 0.3 is 12.0 Å². The topological polar surface area (TPSA) is 106 Å². The SMILES string of the molecule is CCOC(=O)C1=C(CSc2nnc(-c3cc(C)cc(C)c3)o2)NC(=O)NC1c1ccc(Cl)cc1. The van der Waals surface area contributed by atoms with Gasteiger partial charge in [0.2, 0.25) is 5.89 Å². The Hall–Kier alpha value is -3.30. The van der Waals surface area contributed by atoms with Crippen LogP contribution in [0.3, 0.4) is 0 Å². The maximum Gasteiger partial charge on any atom is 0.338 e. The Labute approximate surface area is 206 Å². The highest BCUT2D eigenvalue weighted by atomic mass is 35.5. The first-order valence-corrected chi connectivity index (χ1v) is 12.0. The van der Waals surface area contributed by atoms with Crippen LogP contribution in [0, 0.1) is 13.8 Å². The smallest absolute Gasteiger partial charge is 0.338 e. The summed E-state index contributed by atoms with van der Waals surface area (Å²) in [6.07, 6.45) is 0. The normalized spacial score (nSPS) is 15.6. The number of aromatic nitrogens is 2. The van der Waals surface area contributed by atoms with Crippen molar-refractivity contribution in [3.8, 4) is 11.5 Å². The Balaban J connectivity index is 1.61. The maximum atomic E-state index is 12.9. The van der Waals surface area contributed by atoms with E-state index in [1.54, 1.807) is 31.2 Å². The summed E-state index contributed by atoms with van der Waals surface area (Å²) in [5.74, 6) is 0.106. The van der Waals surface area contributed by atoms with Crippen LogP contribution in [0.2, 0.25) is 5.02 Å². The number of rotatable bonds is 7. The number of carbonyl (C=O) groups is 2. The second-order valence-corrected chi connectivity index (χ2v) is 9.10. The van der Waals surface area contributed by atoms with E-state index >= 15 is 0 Å². The molecule has 3 aromatic rings. The van der Waals surface area contributed by atoms with Gasteiger partial charge in [-0.2, -0.15) is 0 Å². The molecular weight excluding hydrogens is 476 g/mol. The number of hydrogen-bond donors (Lipinski definition) is 2. The Morgan fingerprint density at radius 1 is 1.15 bits per heavy atom. The van der Waals surface area contributed by atoms with Gasteiger partial charge in [-0.25, -0.2) is 9.59 Å². The van der Waals surface area contributed by atoms with Crippen LogP contribution in [0.15, 0.2) is 63.4 Å². The van der Waals surface area contributed by atoms with Crippen molar-refractivity contribution >= 4 is 35.4 Å².